The molecule has 0 radical (unpaired) electrons. The lowest BCUT2D eigenvalue weighted by atomic mass is 10.2. The molecule has 7 heteroatoms. The summed E-state index contributed by atoms with van der Waals surface area (Å²) in [6, 6.07) is 13.0. The van der Waals surface area contributed by atoms with Gasteiger partial charge in [-0.25, -0.2) is 8.78 Å². The average Bonchev–Trinajstić information content (AvgIpc) is 3.04. The van der Waals surface area contributed by atoms with E-state index in [2.05, 4.69) is 17.1 Å². The first kappa shape index (κ1) is 18.5. The highest BCUT2D eigenvalue weighted by Gasteiger charge is 2.23. The number of aromatic nitrogens is 3. The van der Waals surface area contributed by atoms with Crippen LogP contribution in [0.3, 0.4) is 0 Å². The van der Waals surface area contributed by atoms with E-state index in [4.69, 9.17) is 0 Å². The van der Waals surface area contributed by atoms with E-state index < -0.39 is 0 Å². The lowest BCUT2D eigenvalue weighted by molar-refractivity contribution is -0.890. The molecule has 0 unspecified atom stereocenters. The van der Waals surface area contributed by atoms with Crippen molar-refractivity contribution < 1.29 is 13.7 Å². The summed E-state index contributed by atoms with van der Waals surface area (Å²) in [7, 11) is 4.08. The van der Waals surface area contributed by atoms with Gasteiger partial charge in [-0.15, -0.1) is 10.2 Å². The van der Waals surface area contributed by atoms with Gasteiger partial charge < -0.3 is 4.90 Å². The number of halogens is 2. The van der Waals surface area contributed by atoms with Gasteiger partial charge in [-0.3, -0.25) is 4.57 Å². The lowest BCUT2D eigenvalue weighted by Crippen LogP contribution is -3.05. The van der Waals surface area contributed by atoms with E-state index in [-0.39, 0.29) is 17.7 Å². The minimum atomic E-state index is -0.296. The fraction of sp³-hybridized carbons (Fsp3) is 0.263. The Bertz CT molecular complexity index is 878. The van der Waals surface area contributed by atoms with E-state index in [9.17, 15) is 8.78 Å². The molecule has 0 bridgehead atoms. The second kappa shape index (κ2) is 7.97. The number of quaternary nitrogens is 1. The molecule has 0 aliphatic carbocycles. The minimum absolute atomic E-state index is 0.0929. The Morgan fingerprint density at radius 3 is 2.38 bits per heavy atom. The summed E-state index contributed by atoms with van der Waals surface area (Å²) in [5.74, 6) is 0.692. The highest BCUT2D eigenvalue weighted by molar-refractivity contribution is 7.98. The van der Waals surface area contributed by atoms with Crippen LogP contribution in [0.2, 0.25) is 0 Å². The summed E-state index contributed by atoms with van der Waals surface area (Å²) < 4.78 is 29.2. The molecule has 1 aromatic heterocycles. The van der Waals surface area contributed by atoms with Gasteiger partial charge in [0, 0.05) is 11.4 Å². The Hall–Kier alpha value is -2.25. The molecule has 0 saturated carbocycles. The Labute approximate surface area is 155 Å². The molecule has 0 aliphatic rings. The molecule has 136 valence electrons. The van der Waals surface area contributed by atoms with Crippen LogP contribution in [-0.2, 0) is 5.75 Å². The van der Waals surface area contributed by atoms with Gasteiger partial charge in [-0.1, -0.05) is 30.0 Å². The molecule has 3 rings (SSSR count). The van der Waals surface area contributed by atoms with Crippen LogP contribution in [0.25, 0.3) is 5.69 Å². The van der Waals surface area contributed by atoms with Crippen LogP contribution < -0.4 is 4.90 Å². The number of nitrogens with zero attached hydrogens (tertiary/aromatic N) is 3. The van der Waals surface area contributed by atoms with Gasteiger partial charge in [0.1, 0.15) is 17.7 Å². The molecular weight excluding hydrogens is 354 g/mol. The SMILES string of the molecule is C[C@@H](c1nnc(SCc2ccccc2F)n1-c1ccc(F)cc1)[NH+](C)C. The summed E-state index contributed by atoms with van der Waals surface area (Å²) >= 11 is 1.41. The summed E-state index contributed by atoms with van der Waals surface area (Å²) in [6.45, 7) is 2.06. The third-order valence-electron chi connectivity index (χ3n) is 4.31. The van der Waals surface area contributed by atoms with E-state index in [0.29, 0.717) is 16.5 Å². The van der Waals surface area contributed by atoms with Crippen LogP contribution in [0.5, 0.6) is 0 Å². The molecule has 3 aromatic rings. The third-order valence-corrected chi connectivity index (χ3v) is 5.29. The molecule has 1 N–H and O–H groups in total. The van der Waals surface area contributed by atoms with Crippen molar-refractivity contribution in [2.75, 3.05) is 14.1 Å². The van der Waals surface area contributed by atoms with Gasteiger partial charge >= 0.3 is 0 Å². The van der Waals surface area contributed by atoms with E-state index in [1.165, 1.54) is 34.9 Å². The molecule has 0 aliphatic heterocycles. The van der Waals surface area contributed by atoms with Crippen LogP contribution in [0.4, 0.5) is 8.78 Å². The van der Waals surface area contributed by atoms with Gasteiger partial charge in [-0.05, 0) is 42.8 Å². The Morgan fingerprint density at radius 1 is 1.04 bits per heavy atom. The number of benzene rings is 2. The molecule has 26 heavy (non-hydrogen) atoms. The molecular formula is C19H21F2N4S+. The van der Waals surface area contributed by atoms with Crippen LogP contribution in [0, 0.1) is 11.6 Å². The van der Waals surface area contributed by atoms with Crippen LogP contribution in [0.1, 0.15) is 24.4 Å². The van der Waals surface area contributed by atoms with E-state index in [0.717, 1.165) is 11.5 Å². The maximum absolute atomic E-state index is 13.9. The van der Waals surface area contributed by atoms with Crippen LogP contribution >= 0.6 is 11.8 Å². The Kier molecular flexibility index (Phi) is 5.68. The van der Waals surface area contributed by atoms with Gasteiger partial charge in [0.2, 0.25) is 0 Å². The molecule has 1 atom stereocenters. The number of thioether (sulfide) groups is 1. The van der Waals surface area contributed by atoms with E-state index >= 15 is 0 Å². The maximum Gasteiger partial charge on any atom is 0.196 e. The number of hydrogen-bond acceptors (Lipinski definition) is 3. The van der Waals surface area contributed by atoms with Crippen molar-refractivity contribution in [2.45, 2.75) is 23.9 Å². The van der Waals surface area contributed by atoms with Crippen molar-refractivity contribution in [1.29, 1.82) is 0 Å². The molecule has 2 aromatic carbocycles. The molecule has 0 saturated heterocycles. The lowest BCUT2D eigenvalue weighted by Gasteiger charge is -2.18. The second-order valence-electron chi connectivity index (χ2n) is 6.33. The smallest absolute Gasteiger partial charge is 0.196 e. The first-order valence-electron chi connectivity index (χ1n) is 8.35. The standard InChI is InChI=1S/C19H20F2N4S/c1-13(24(2)3)18-22-23-19(25(18)16-10-8-15(20)9-11-16)26-12-14-6-4-5-7-17(14)21/h4-11,13H,12H2,1-3H3/p+1/t13-/m0/s1. The summed E-state index contributed by atoms with van der Waals surface area (Å²) in [6.07, 6.45) is 0. The summed E-state index contributed by atoms with van der Waals surface area (Å²) in [5, 5.41) is 9.32. The maximum atomic E-state index is 13.9. The molecule has 0 fully saturated rings. The number of rotatable bonds is 6. The zero-order chi connectivity index (χ0) is 18.7. The Balaban J connectivity index is 1.97. The van der Waals surface area contributed by atoms with Gasteiger partial charge in [0.05, 0.1) is 14.1 Å². The molecule has 0 spiro atoms. The zero-order valence-corrected chi connectivity index (χ0v) is 15.7. The molecule has 0 amide bonds. The normalized spacial score (nSPS) is 12.5. The topological polar surface area (TPSA) is 35.1 Å². The second-order valence-corrected chi connectivity index (χ2v) is 7.27. The van der Waals surface area contributed by atoms with E-state index in [1.54, 1.807) is 24.3 Å². The predicted molar refractivity (Wildman–Crippen MR) is 98.5 cm³/mol. The van der Waals surface area contributed by atoms with E-state index in [1.807, 2.05) is 24.7 Å². The van der Waals surface area contributed by atoms with Crippen molar-refractivity contribution in [1.82, 2.24) is 14.8 Å². The summed E-state index contributed by atoms with van der Waals surface area (Å²) in [5.41, 5.74) is 1.40. The third kappa shape index (κ3) is 3.94. The highest BCUT2D eigenvalue weighted by Crippen LogP contribution is 2.27. The zero-order valence-electron chi connectivity index (χ0n) is 14.9. The molecule has 4 nitrogen and oxygen atoms in total. The number of nitrogens with one attached hydrogen (secondary N) is 1. The van der Waals surface area contributed by atoms with Crippen molar-refractivity contribution >= 4 is 11.8 Å². The first-order chi connectivity index (χ1) is 12.5. The monoisotopic (exact) mass is 375 g/mol. The predicted octanol–water partition coefficient (Wildman–Crippen LogP) is 3.04. The van der Waals surface area contributed by atoms with Gasteiger partial charge in [-0.2, -0.15) is 0 Å². The minimum Gasteiger partial charge on any atom is -0.331 e. The quantitative estimate of drug-likeness (QED) is 0.673. The first-order valence-corrected chi connectivity index (χ1v) is 9.33. The Morgan fingerprint density at radius 2 is 1.73 bits per heavy atom. The molecule has 1 heterocycles. The number of hydrogen-bond donors (Lipinski definition) is 1. The largest absolute Gasteiger partial charge is 0.331 e. The highest BCUT2D eigenvalue weighted by atomic mass is 32.2. The van der Waals surface area contributed by atoms with Crippen LogP contribution in [-0.4, -0.2) is 28.9 Å². The van der Waals surface area contributed by atoms with Crippen molar-refractivity contribution in [2.24, 2.45) is 0 Å². The summed E-state index contributed by atoms with van der Waals surface area (Å²) in [4.78, 5) is 1.20. The van der Waals surface area contributed by atoms with Gasteiger partial charge in [0.25, 0.3) is 0 Å². The average molecular weight is 375 g/mol. The van der Waals surface area contributed by atoms with Crippen molar-refractivity contribution in [3.63, 3.8) is 0 Å². The van der Waals surface area contributed by atoms with Crippen molar-refractivity contribution in [3.05, 3.63) is 71.6 Å². The van der Waals surface area contributed by atoms with Gasteiger partial charge in [0.15, 0.2) is 11.0 Å². The fourth-order valence-corrected chi connectivity index (χ4v) is 3.45. The van der Waals surface area contributed by atoms with Crippen molar-refractivity contribution in [3.8, 4) is 5.69 Å². The fourth-order valence-electron chi connectivity index (χ4n) is 2.50. The van der Waals surface area contributed by atoms with Crippen LogP contribution in [0.15, 0.2) is 53.7 Å².